The van der Waals surface area contributed by atoms with E-state index in [1.54, 1.807) is 0 Å². The van der Waals surface area contributed by atoms with Crippen LogP contribution in [0.3, 0.4) is 0 Å². The molecule has 3 heteroatoms. The highest BCUT2D eigenvalue weighted by Crippen LogP contribution is 2.27. The van der Waals surface area contributed by atoms with Crippen LogP contribution in [0.4, 0.5) is 0 Å². The first-order valence-corrected chi connectivity index (χ1v) is 8.34. The molecule has 1 saturated heterocycles. The van der Waals surface area contributed by atoms with Gasteiger partial charge in [-0.2, -0.15) is 0 Å². The van der Waals surface area contributed by atoms with Crippen molar-refractivity contribution in [3.05, 3.63) is 0 Å². The standard InChI is InChI=1S/C16H32N2O/c1-3-17-16-8-6-4-5-7-15(16)12-18-10-9-14(11-18)13(2)19/h13-17,19H,3-12H2,1-2H3. The summed E-state index contributed by atoms with van der Waals surface area (Å²) in [6.07, 6.45) is 7.98. The molecule has 4 unspecified atom stereocenters. The van der Waals surface area contributed by atoms with Crippen LogP contribution in [0.2, 0.25) is 0 Å². The van der Waals surface area contributed by atoms with Crippen LogP contribution in [-0.2, 0) is 0 Å². The Morgan fingerprint density at radius 2 is 2.00 bits per heavy atom. The van der Waals surface area contributed by atoms with Gasteiger partial charge >= 0.3 is 0 Å². The fourth-order valence-electron chi connectivity index (χ4n) is 3.89. The van der Waals surface area contributed by atoms with E-state index >= 15 is 0 Å². The normalized spacial score (nSPS) is 35.2. The van der Waals surface area contributed by atoms with E-state index in [-0.39, 0.29) is 6.10 Å². The lowest BCUT2D eigenvalue weighted by Crippen LogP contribution is -2.41. The fourth-order valence-corrected chi connectivity index (χ4v) is 3.89. The Bertz CT molecular complexity index is 257. The molecular formula is C16H32N2O. The molecule has 0 spiro atoms. The van der Waals surface area contributed by atoms with Crippen LogP contribution in [-0.4, -0.2) is 48.3 Å². The molecule has 0 aromatic heterocycles. The van der Waals surface area contributed by atoms with Crippen molar-refractivity contribution in [3.63, 3.8) is 0 Å². The van der Waals surface area contributed by atoms with Gasteiger partial charge in [0.2, 0.25) is 0 Å². The molecule has 2 aliphatic rings. The van der Waals surface area contributed by atoms with E-state index < -0.39 is 0 Å². The lowest BCUT2D eigenvalue weighted by Gasteiger charge is -2.30. The predicted molar refractivity (Wildman–Crippen MR) is 80.3 cm³/mol. The van der Waals surface area contributed by atoms with Crippen molar-refractivity contribution >= 4 is 0 Å². The monoisotopic (exact) mass is 268 g/mol. The van der Waals surface area contributed by atoms with Crippen molar-refractivity contribution < 1.29 is 5.11 Å². The van der Waals surface area contributed by atoms with Crippen molar-refractivity contribution in [1.82, 2.24) is 10.2 Å². The molecule has 4 atom stereocenters. The summed E-state index contributed by atoms with van der Waals surface area (Å²) in [6.45, 7) is 8.79. The van der Waals surface area contributed by atoms with E-state index in [0.717, 1.165) is 25.0 Å². The summed E-state index contributed by atoms with van der Waals surface area (Å²) in [7, 11) is 0. The quantitative estimate of drug-likeness (QED) is 0.751. The molecule has 0 bridgehead atoms. The average molecular weight is 268 g/mol. The number of likely N-dealkylation sites (tertiary alicyclic amines) is 1. The predicted octanol–water partition coefficient (Wildman–Crippen LogP) is 2.25. The molecular weight excluding hydrogens is 236 g/mol. The van der Waals surface area contributed by atoms with Gasteiger partial charge in [-0.3, -0.25) is 0 Å². The van der Waals surface area contributed by atoms with E-state index in [2.05, 4.69) is 17.1 Å². The summed E-state index contributed by atoms with van der Waals surface area (Å²) >= 11 is 0. The lowest BCUT2D eigenvalue weighted by molar-refractivity contribution is 0.124. The minimum Gasteiger partial charge on any atom is -0.393 e. The van der Waals surface area contributed by atoms with Gasteiger partial charge in [0.15, 0.2) is 0 Å². The topological polar surface area (TPSA) is 35.5 Å². The molecule has 2 rings (SSSR count). The van der Waals surface area contributed by atoms with E-state index in [1.165, 1.54) is 51.6 Å². The molecule has 1 heterocycles. The second-order valence-electron chi connectivity index (χ2n) is 6.61. The van der Waals surface area contributed by atoms with Crippen LogP contribution in [0.25, 0.3) is 0 Å². The largest absolute Gasteiger partial charge is 0.393 e. The van der Waals surface area contributed by atoms with Gasteiger partial charge in [0, 0.05) is 19.1 Å². The number of nitrogens with zero attached hydrogens (tertiary/aromatic N) is 1. The van der Waals surface area contributed by atoms with Gasteiger partial charge < -0.3 is 15.3 Å². The molecule has 2 fully saturated rings. The highest BCUT2D eigenvalue weighted by Gasteiger charge is 2.30. The molecule has 0 radical (unpaired) electrons. The Balaban J connectivity index is 1.85. The van der Waals surface area contributed by atoms with Crippen molar-refractivity contribution in [2.45, 2.75) is 64.5 Å². The zero-order valence-corrected chi connectivity index (χ0v) is 12.8. The number of aliphatic hydroxyl groups is 1. The second kappa shape index (κ2) is 7.61. The van der Waals surface area contributed by atoms with Crippen molar-refractivity contribution in [3.8, 4) is 0 Å². The molecule has 0 aromatic rings. The Hall–Kier alpha value is -0.120. The highest BCUT2D eigenvalue weighted by atomic mass is 16.3. The second-order valence-corrected chi connectivity index (χ2v) is 6.61. The number of hydrogen-bond acceptors (Lipinski definition) is 3. The van der Waals surface area contributed by atoms with Gasteiger partial charge in [-0.05, 0) is 51.1 Å². The van der Waals surface area contributed by atoms with Gasteiger partial charge in [-0.25, -0.2) is 0 Å². The third-order valence-corrected chi connectivity index (χ3v) is 5.11. The van der Waals surface area contributed by atoms with Crippen LogP contribution in [0.5, 0.6) is 0 Å². The first-order chi connectivity index (χ1) is 9.20. The zero-order valence-electron chi connectivity index (χ0n) is 12.8. The smallest absolute Gasteiger partial charge is 0.0552 e. The summed E-state index contributed by atoms with van der Waals surface area (Å²) in [4.78, 5) is 2.59. The van der Waals surface area contributed by atoms with E-state index in [9.17, 15) is 5.11 Å². The molecule has 3 nitrogen and oxygen atoms in total. The molecule has 19 heavy (non-hydrogen) atoms. The maximum atomic E-state index is 9.72. The van der Waals surface area contributed by atoms with Gasteiger partial charge in [-0.1, -0.05) is 26.2 Å². The minimum atomic E-state index is -0.135. The van der Waals surface area contributed by atoms with Crippen LogP contribution in [0.15, 0.2) is 0 Å². The number of rotatable bonds is 5. The molecule has 2 N–H and O–H groups in total. The summed E-state index contributed by atoms with van der Waals surface area (Å²) in [6, 6.07) is 0.720. The third-order valence-electron chi connectivity index (χ3n) is 5.11. The summed E-state index contributed by atoms with van der Waals surface area (Å²) in [5, 5.41) is 13.4. The van der Waals surface area contributed by atoms with E-state index in [4.69, 9.17) is 0 Å². The van der Waals surface area contributed by atoms with E-state index in [0.29, 0.717) is 5.92 Å². The molecule has 0 aromatic carbocycles. The van der Waals surface area contributed by atoms with Crippen molar-refractivity contribution in [2.75, 3.05) is 26.2 Å². The van der Waals surface area contributed by atoms with Crippen molar-refractivity contribution in [1.29, 1.82) is 0 Å². The third kappa shape index (κ3) is 4.44. The maximum Gasteiger partial charge on any atom is 0.0552 e. The molecule has 1 aliphatic carbocycles. The Morgan fingerprint density at radius 1 is 1.21 bits per heavy atom. The first kappa shape index (κ1) is 15.3. The summed E-state index contributed by atoms with van der Waals surface area (Å²) in [5.41, 5.74) is 0. The van der Waals surface area contributed by atoms with Gasteiger partial charge in [0.25, 0.3) is 0 Å². The molecule has 0 amide bonds. The lowest BCUT2D eigenvalue weighted by atomic mass is 9.94. The van der Waals surface area contributed by atoms with Crippen molar-refractivity contribution in [2.24, 2.45) is 11.8 Å². The number of aliphatic hydroxyl groups excluding tert-OH is 1. The van der Waals surface area contributed by atoms with Gasteiger partial charge in [-0.15, -0.1) is 0 Å². The van der Waals surface area contributed by atoms with E-state index in [1.807, 2.05) is 6.92 Å². The molecule has 112 valence electrons. The van der Waals surface area contributed by atoms with Crippen LogP contribution in [0, 0.1) is 11.8 Å². The van der Waals surface area contributed by atoms with Crippen LogP contribution >= 0.6 is 0 Å². The molecule has 1 saturated carbocycles. The van der Waals surface area contributed by atoms with Crippen LogP contribution in [0.1, 0.15) is 52.4 Å². The summed E-state index contributed by atoms with van der Waals surface area (Å²) < 4.78 is 0. The Kier molecular flexibility index (Phi) is 6.11. The Morgan fingerprint density at radius 3 is 2.68 bits per heavy atom. The summed E-state index contributed by atoms with van der Waals surface area (Å²) in [5.74, 6) is 1.32. The fraction of sp³-hybridized carbons (Fsp3) is 1.00. The molecule has 1 aliphatic heterocycles. The SMILES string of the molecule is CCNC1CCCCCC1CN1CCC(C(C)O)C1. The maximum absolute atomic E-state index is 9.72. The number of nitrogens with one attached hydrogen (secondary N) is 1. The zero-order chi connectivity index (χ0) is 13.7. The highest BCUT2D eigenvalue weighted by molar-refractivity contribution is 4.85. The minimum absolute atomic E-state index is 0.135. The van der Waals surface area contributed by atoms with Gasteiger partial charge in [0.1, 0.15) is 0 Å². The number of hydrogen-bond donors (Lipinski definition) is 2. The first-order valence-electron chi connectivity index (χ1n) is 8.34. The Labute approximate surface area is 118 Å². The van der Waals surface area contributed by atoms with Crippen LogP contribution < -0.4 is 5.32 Å². The van der Waals surface area contributed by atoms with Gasteiger partial charge in [0.05, 0.1) is 6.10 Å². The average Bonchev–Trinajstić information content (AvgIpc) is 2.74.